The molecule has 1 aromatic rings. The quantitative estimate of drug-likeness (QED) is 0.828. The SMILES string of the molecule is C[C@@H](SCC(=O)N(C)CC(=O)NC1CC1)c1cc(F)ccc1F. The Kier molecular flexibility index (Phi) is 5.98. The maximum absolute atomic E-state index is 13.7. The molecule has 4 nitrogen and oxygen atoms in total. The van der Waals surface area contributed by atoms with Gasteiger partial charge < -0.3 is 10.2 Å². The van der Waals surface area contributed by atoms with Crippen molar-refractivity contribution in [2.75, 3.05) is 19.3 Å². The topological polar surface area (TPSA) is 49.4 Å². The minimum absolute atomic E-state index is 0.0125. The smallest absolute Gasteiger partial charge is 0.239 e. The zero-order chi connectivity index (χ0) is 17.0. The third kappa shape index (κ3) is 5.49. The molecule has 1 aliphatic rings. The van der Waals surface area contributed by atoms with Gasteiger partial charge in [0.2, 0.25) is 11.8 Å². The van der Waals surface area contributed by atoms with E-state index in [1.54, 1.807) is 14.0 Å². The molecule has 0 unspecified atom stereocenters. The van der Waals surface area contributed by atoms with Crippen molar-refractivity contribution in [2.24, 2.45) is 0 Å². The molecule has 1 aromatic carbocycles. The molecule has 2 rings (SSSR count). The third-order valence-electron chi connectivity index (χ3n) is 3.60. The zero-order valence-electron chi connectivity index (χ0n) is 13.1. The highest BCUT2D eigenvalue weighted by Crippen LogP contribution is 2.30. The molecule has 1 fully saturated rings. The van der Waals surface area contributed by atoms with Crippen LogP contribution >= 0.6 is 11.8 Å². The average Bonchev–Trinajstić information content (AvgIpc) is 3.30. The van der Waals surface area contributed by atoms with Crippen molar-refractivity contribution in [1.29, 1.82) is 0 Å². The lowest BCUT2D eigenvalue weighted by Crippen LogP contribution is -2.39. The van der Waals surface area contributed by atoms with Crippen LogP contribution in [0.5, 0.6) is 0 Å². The van der Waals surface area contributed by atoms with E-state index >= 15 is 0 Å². The summed E-state index contributed by atoms with van der Waals surface area (Å²) in [5, 5.41) is 2.46. The number of carbonyl (C=O) groups excluding carboxylic acids is 2. The van der Waals surface area contributed by atoms with Gasteiger partial charge in [-0.25, -0.2) is 8.78 Å². The van der Waals surface area contributed by atoms with Crippen LogP contribution in [0.3, 0.4) is 0 Å². The van der Waals surface area contributed by atoms with E-state index in [4.69, 9.17) is 0 Å². The molecule has 23 heavy (non-hydrogen) atoms. The summed E-state index contributed by atoms with van der Waals surface area (Å²) in [6.07, 6.45) is 1.99. The highest BCUT2D eigenvalue weighted by molar-refractivity contribution is 8.00. The summed E-state index contributed by atoms with van der Waals surface area (Å²) in [6, 6.07) is 3.55. The van der Waals surface area contributed by atoms with Crippen LogP contribution in [0, 0.1) is 11.6 Å². The van der Waals surface area contributed by atoms with E-state index < -0.39 is 11.6 Å². The first-order valence-electron chi connectivity index (χ1n) is 7.46. The first-order chi connectivity index (χ1) is 10.9. The molecule has 2 amide bonds. The summed E-state index contributed by atoms with van der Waals surface area (Å²) in [6.45, 7) is 1.73. The summed E-state index contributed by atoms with van der Waals surface area (Å²) in [5.74, 6) is -1.28. The van der Waals surface area contributed by atoms with Crippen LogP contribution < -0.4 is 5.32 Å². The Hall–Kier alpha value is -1.63. The van der Waals surface area contributed by atoms with Crippen molar-refractivity contribution in [3.63, 3.8) is 0 Å². The van der Waals surface area contributed by atoms with Gasteiger partial charge in [-0.3, -0.25) is 9.59 Å². The molecule has 1 atom stereocenters. The van der Waals surface area contributed by atoms with E-state index in [2.05, 4.69) is 5.32 Å². The second-order valence-corrected chi connectivity index (χ2v) is 7.04. The number of likely N-dealkylation sites (N-methyl/N-ethyl adjacent to an activating group) is 1. The Balaban J connectivity index is 1.80. The maximum atomic E-state index is 13.7. The molecule has 0 radical (unpaired) electrons. The predicted octanol–water partition coefficient (Wildman–Crippen LogP) is 2.50. The van der Waals surface area contributed by atoms with Gasteiger partial charge in [0, 0.05) is 23.9 Å². The first kappa shape index (κ1) is 17.7. The van der Waals surface area contributed by atoms with Gasteiger partial charge in [0.25, 0.3) is 0 Å². The number of nitrogens with zero attached hydrogens (tertiary/aromatic N) is 1. The summed E-state index contributed by atoms with van der Waals surface area (Å²) < 4.78 is 26.9. The van der Waals surface area contributed by atoms with E-state index in [0.29, 0.717) is 0 Å². The molecule has 0 saturated heterocycles. The number of thioether (sulfide) groups is 1. The summed E-state index contributed by atoms with van der Waals surface area (Å²) >= 11 is 1.21. The van der Waals surface area contributed by atoms with E-state index in [1.807, 2.05) is 0 Å². The zero-order valence-corrected chi connectivity index (χ0v) is 14.0. The molecule has 126 valence electrons. The fraction of sp³-hybridized carbons (Fsp3) is 0.500. The van der Waals surface area contributed by atoms with Gasteiger partial charge in [0.1, 0.15) is 11.6 Å². The number of carbonyl (C=O) groups is 2. The maximum Gasteiger partial charge on any atom is 0.239 e. The molecule has 1 aliphatic carbocycles. The number of hydrogen-bond acceptors (Lipinski definition) is 3. The minimum Gasteiger partial charge on any atom is -0.352 e. The Bertz CT molecular complexity index is 593. The second-order valence-electron chi connectivity index (χ2n) is 5.71. The normalized spacial score (nSPS) is 15.1. The molecule has 0 spiro atoms. The van der Waals surface area contributed by atoms with Gasteiger partial charge >= 0.3 is 0 Å². The number of hydrogen-bond donors (Lipinski definition) is 1. The lowest BCUT2D eigenvalue weighted by molar-refractivity contribution is -0.132. The molecule has 7 heteroatoms. The Morgan fingerprint density at radius 3 is 2.74 bits per heavy atom. The van der Waals surface area contributed by atoms with Gasteiger partial charge in [-0.05, 0) is 38.0 Å². The van der Waals surface area contributed by atoms with Crippen LogP contribution in [0.15, 0.2) is 18.2 Å². The van der Waals surface area contributed by atoms with Crippen LogP contribution in [0.1, 0.15) is 30.6 Å². The largest absolute Gasteiger partial charge is 0.352 e. The number of benzene rings is 1. The molecule has 0 heterocycles. The van der Waals surface area contributed by atoms with E-state index in [1.165, 1.54) is 16.7 Å². The first-order valence-corrected chi connectivity index (χ1v) is 8.51. The number of halogens is 2. The molecular formula is C16H20F2N2O2S. The minimum atomic E-state index is -0.506. The van der Waals surface area contributed by atoms with E-state index in [9.17, 15) is 18.4 Å². The van der Waals surface area contributed by atoms with Crippen molar-refractivity contribution < 1.29 is 18.4 Å². The molecule has 0 bridgehead atoms. The third-order valence-corrected chi connectivity index (χ3v) is 4.77. The number of nitrogens with one attached hydrogen (secondary N) is 1. The molecular weight excluding hydrogens is 322 g/mol. The molecule has 1 N–H and O–H groups in total. The van der Waals surface area contributed by atoms with Crippen molar-refractivity contribution >= 4 is 23.6 Å². The highest BCUT2D eigenvalue weighted by atomic mass is 32.2. The summed E-state index contributed by atoms with van der Waals surface area (Å²) in [5.41, 5.74) is 0.233. The molecule has 0 aromatic heterocycles. The van der Waals surface area contributed by atoms with Gasteiger partial charge in [-0.2, -0.15) is 0 Å². The Morgan fingerprint density at radius 2 is 2.09 bits per heavy atom. The number of amides is 2. The van der Waals surface area contributed by atoms with Crippen LogP contribution in [0.4, 0.5) is 8.78 Å². The van der Waals surface area contributed by atoms with Gasteiger partial charge in [-0.1, -0.05) is 0 Å². The standard InChI is InChI=1S/C16H20F2N2O2S/c1-10(13-7-11(17)3-6-14(13)18)23-9-16(22)20(2)8-15(21)19-12-4-5-12/h3,6-7,10,12H,4-5,8-9H2,1-2H3,(H,19,21)/t10-/m1/s1. The second kappa shape index (κ2) is 7.77. The van der Waals surface area contributed by atoms with Crippen molar-refractivity contribution in [2.45, 2.75) is 31.1 Å². The molecule has 1 saturated carbocycles. The van der Waals surface area contributed by atoms with Crippen LogP contribution in [-0.4, -0.2) is 42.1 Å². The van der Waals surface area contributed by atoms with Gasteiger partial charge in [0.15, 0.2) is 0 Å². The van der Waals surface area contributed by atoms with Crippen molar-refractivity contribution in [1.82, 2.24) is 10.2 Å². The fourth-order valence-corrected chi connectivity index (χ4v) is 3.00. The van der Waals surface area contributed by atoms with Gasteiger partial charge in [0.05, 0.1) is 12.3 Å². The summed E-state index contributed by atoms with van der Waals surface area (Å²) in [4.78, 5) is 25.0. The number of rotatable bonds is 7. The lowest BCUT2D eigenvalue weighted by Gasteiger charge is -2.18. The Labute approximate surface area is 138 Å². The van der Waals surface area contributed by atoms with Crippen molar-refractivity contribution in [3.8, 4) is 0 Å². The van der Waals surface area contributed by atoms with E-state index in [0.717, 1.165) is 31.0 Å². The van der Waals surface area contributed by atoms with Crippen LogP contribution in [0.25, 0.3) is 0 Å². The predicted molar refractivity (Wildman–Crippen MR) is 86.0 cm³/mol. The molecule has 0 aliphatic heterocycles. The van der Waals surface area contributed by atoms with Crippen LogP contribution in [-0.2, 0) is 9.59 Å². The van der Waals surface area contributed by atoms with Crippen LogP contribution in [0.2, 0.25) is 0 Å². The lowest BCUT2D eigenvalue weighted by atomic mass is 10.1. The average molecular weight is 342 g/mol. The van der Waals surface area contributed by atoms with Crippen molar-refractivity contribution in [3.05, 3.63) is 35.4 Å². The van der Waals surface area contributed by atoms with Gasteiger partial charge in [-0.15, -0.1) is 11.8 Å². The summed E-state index contributed by atoms with van der Waals surface area (Å²) in [7, 11) is 1.56. The van der Waals surface area contributed by atoms with E-state index in [-0.39, 0.29) is 41.0 Å². The highest BCUT2D eigenvalue weighted by Gasteiger charge is 2.24. The fourth-order valence-electron chi connectivity index (χ4n) is 2.03. The monoisotopic (exact) mass is 342 g/mol. The Morgan fingerprint density at radius 1 is 1.39 bits per heavy atom.